The minimum absolute atomic E-state index is 0.423. The summed E-state index contributed by atoms with van der Waals surface area (Å²) in [6, 6.07) is 0.423. The molecule has 2 N–H and O–H groups in total. The second-order valence-electron chi connectivity index (χ2n) is 4.83. The number of rotatable bonds is 2. The van der Waals surface area contributed by atoms with Gasteiger partial charge >= 0.3 is 0 Å². The van der Waals surface area contributed by atoms with Crippen molar-refractivity contribution in [3.05, 3.63) is 17.3 Å². The molecule has 2 atom stereocenters. The predicted molar refractivity (Wildman–Crippen MR) is 61.4 cm³/mol. The minimum atomic E-state index is 0.423. The molecular formula is C12H19N3O. The molecule has 0 amide bonds. The molecule has 0 aromatic carbocycles. The zero-order valence-corrected chi connectivity index (χ0v) is 9.75. The van der Waals surface area contributed by atoms with Crippen molar-refractivity contribution >= 4 is 0 Å². The van der Waals surface area contributed by atoms with Crippen molar-refractivity contribution in [1.82, 2.24) is 15.6 Å². The van der Waals surface area contributed by atoms with Gasteiger partial charge in [-0.05, 0) is 39.3 Å². The highest BCUT2D eigenvalue weighted by molar-refractivity contribution is 5.16. The molecule has 2 aliphatic rings. The van der Waals surface area contributed by atoms with Crippen LogP contribution >= 0.6 is 0 Å². The Hall–Kier alpha value is -0.870. The van der Waals surface area contributed by atoms with Gasteiger partial charge in [0.15, 0.2) is 5.89 Å². The van der Waals surface area contributed by atoms with Crippen molar-refractivity contribution in [2.75, 3.05) is 19.6 Å². The summed E-state index contributed by atoms with van der Waals surface area (Å²) in [6.45, 7) is 5.24. The first-order chi connectivity index (χ1) is 7.84. The molecule has 16 heavy (non-hydrogen) atoms. The lowest BCUT2D eigenvalue weighted by molar-refractivity contribution is 0.437. The normalized spacial score (nSPS) is 30.1. The van der Waals surface area contributed by atoms with E-state index in [1.54, 1.807) is 0 Å². The number of aromatic nitrogens is 1. The van der Waals surface area contributed by atoms with Gasteiger partial charge in [-0.15, -0.1) is 0 Å². The maximum absolute atomic E-state index is 5.82. The van der Waals surface area contributed by atoms with E-state index in [9.17, 15) is 0 Å². The van der Waals surface area contributed by atoms with Gasteiger partial charge in [-0.2, -0.15) is 0 Å². The highest BCUT2D eigenvalue weighted by Crippen LogP contribution is 2.29. The van der Waals surface area contributed by atoms with E-state index in [0.29, 0.717) is 12.0 Å². The fraction of sp³-hybridized carbons (Fsp3) is 0.750. The van der Waals surface area contributed by atoms with Gasteiger partial charge in [0.25, 0.3) is 0 Å². The quantitative estimate of drug-likeness (QED) is 0.794. The zero-order valence-electron chi connectivity index (χ0n) is 9.75. The molecule has 2 aliphatic heterocycles. The highest BCUT2D eigenvalue weighted by Gasteiger charge is 2.27. The third-order valence-electron chi connectivity index (χ3n) is 3.65. The van der Waals surface area contributed by atoms with Crippen LogP contribution < -0.4 is 10.6 Å². The first-order valence-electron chi connectivity index (χ1n) is 6.26. The summed E-state index contributed by atoms with van der Waals surface area (Å²) >= 11 is 0. The molecule has 4 heteroatoms. The molecule has 2 saturated heterocycles. The molecule has 0 bridgehead atoms. The van der Waals surface area contributed by atoms with E-state index in [1.807, 2.05) is 6.92 Å². The largest absolute Gasteiger partial charge is 0.445 e. The van der Waals surface area contributed by atoms with Crippen molar-refractivity contribution in [3.63, 3.8) is 0 Å². The molecule has 4 nitrogen and oxygen atoms in total. The van der Waals surface area contributed by atoms with Gasteiger partial charge in [0.05, 0.1) is 11.7 Å². The number of hydrogen-bond donors (Lipinski definition) is 2. The van der Waals surface area contributed by atoms with Crippen LogP contribution in [0, 0.1) is 6.92 Å². The van der Waals surface area contributed by atoms with Gasteiger partial charge in [-0.3, -0.25) is 0 Å². The van der Waals surface area contributed by atoms with Crippen LogP contribution in [-0.2, 0) is 0 Å². The van der Waals surface area contributed by atoms with Crippen LogP contribution in [0.5, 0.6) is 0 Å². The molecule has 0 radical (unpaired) electrons. The van der Waals surface area contributed by atoms with Crippen molar-refractivity contribution in [1.29, 1.82) is 0 Å². The van der Waals surface area contributed by atoms with Gasteiger partial charge in [0.1, 0.15) is 5.76 Å². The van der Waals surface area contributed by atoms with E-state index in [1.165, 1.54) is 12.8 Å². The number of nitrogens with one attached hydrogen (secondary N) is 2. The Bertz CT molecular complexity index is 362. The Morgan fingerprint density at radius 1 is 1.31 bits per heavy atom. The minimum Gasteiger partial charge on any atom is -0.445 e. The molecule has 88 valence electrons. The smallest absolute Gasteiger partial charge is 0.199 e. The third kappa shape index (κ3) is 1.76. The van der Waals surface area contributed by atoms with Crippen LogP contribution in [0.15, 0.2) is 4.42 Å². The van der Waals surface area contributed by atoms with Gasteiger partial charge in [-0.25, -0.2) is 4.98 Å². The lowest BCUT2D eigenvalue weighted by atomic mass is 10.1. The summed E-state index contributed by atoms with van der Waals surface area (Å²) in [4.78, 5) is 4.70. The molecule has 0 aliphatic carbocycles. The number of oxazole rings is 1. The van der Waals surface area contributed by atoms with Gasteiger partial charge in [-0.1, -0.05) is 0 Å². The molecule has 2 unspecified atom stereocenters. The first-order valence-corrected chi connectivity index (χ1v) is 6.26. The van der Waals surface area contributed by atoms with E-state index in [2.05, 4.69) is 10.6 Å². The summed E-state index contributed by atoms with van der Waals surface area (Å²) in [6.07, 6.45) is 3.59. The fourth-order valence-corrected chi connectivity index (χ4v) is 2.71. The fourth-order valence-electron chi connectivity index (χ4n) is 2.71. The predicted octanol–water partition coefficient (Wildman–Crippen LogP) is 1.48. The van der Waals surface area contributed by atoms with Crippen LogP contribution in [0.25, 0.3) is 0 Å². The number of hydrogen-bond acceptors (Lipinski definition) is 4. The molecule has 1 aromatic heterocycles. The maximum Gasteiger partial charge on any atom is 0.199 e. The second kappa shape index (κ2) is 4.18. The lowest BCUT2D eigenvalue weighted by Crippen LogP contribution is -2.14. The monoisotopic (exact) mass is 221 g/mol. The Morgan fingerprint density at radius 3 is 2.94 bits per heavy atom. The summed E-state index contributed by atoms with van der Waals surface area (Å²) in [5.41, 5.74) is 1.14. The Kier molecular flexibility index (Phi) is 2.69. The van der Waals surface area contributed by atoms with Crippen LogP contribution in [0.1, 0.15) is 48.6 Å². The van der Waals surface area contributed by atoms with Gasteiger partial charge in [0, 0.05) is 12.5 Å². The van der Waals surface area contributed by atoms with Crippen LogP contribution in [0.4, 0.5) is 0 Å². The van der Waals surface area contributed by atoms with E-state index in [0.717, 1.165) is 43.4 Å². The molecule has 1 aromatic rings. The van der Waals surface area contributed by atoms with Crippen molar-refractivity contribution in [2.45, 2.75) is 38.1 Å². The molecule has 3 rings (SSSR count). The Balaban J connectivity index is 1.83. The van der Waals surface area contributed by atoms with Crippen LogP contribution in [0.2, 0.25) is 0 Å². The molecule has 2 fully saturated rings. The first kappa shape index (κ1) is 10.3. The summed E-state index contributed by atoms with van der Waals surface area (Å²) in [5.74, 6) is 2.42. The zero-order chi connectivity index (χ0) is 11.0. The summed E-state index contributed by atoms with van der Waals surface area (Å²) in [7, 11) is 0. The summed E-state index contributed by atoms with van der Waals surface area (Å²) < 4.78 is 5.82. The number of nitrogens with zero attached hydrogens (tertiary/aromatic N) is 1. The second-order valence-corrected chi connectivity index (χ2v) is 4.83. The lowest BCUT2D eigenvalue weighted by Gasteiger charge is -2.06. The molecular weight excluding hydrogens is 202 g/mol. The van der Waals surface area contributed by atoms with Crippen molar-refractivity contribution in [2.24, 2.45) is 0 Å². The third-order valence-corrected chi connectivity index (χ3v) is 3.65. The average molecular weight is 221 g/mol. The Labute approximate surface area is 95.8 Å². The Morgan fingerprint density at radius 2 is 2.25 bits per heavy atom. The number of aryl methyl sites for hydroxylation is 1. The van der Waals surface area contributed by atoms with E-state index in [4.69, 9.17) is 9.40 Å². The van der Waals surface area contributed by atoms with E-state index >= 15 is 0 Å². The molecule has 3 heterocycles. The van der Waals surface area contributed by atoms with Crippen LogP contribution in [0.3, 0.4) is 0 Å². The van der Waals surface area contributed by atoms with Crippen molar-refractivity contribution < 1.29 is 4.42 Å². The van der Waals surface area contributed by atoms with Gasteiger partial charge in [0.2, 0.25) is 0 Å². The van der Waals surface area contributed by atoms with E-state index in [-0.39, 0.29) is 0 Å². The standard InChI is InChI=1S/C12H19N3O/c1-8-11(10-3-2-5-14-10)15-12(16-8)9-4-6-13-7-9/h9-10,13-14H,2-7H2,1H3. The summed E-state index contributed by atoms with van der Waals surface area (Å²) in [5, 5.41) is 6.83. The SMILES string of the molecule is Cc1oc(C2CCNC2)nc1C1CCCN1. The van der Waals surface area contributed by atoms with Crippen molar-refractivity contribution in [3.8, 4) is 0 Å². The topological polar surface area (TPSA) is 50.1 Å². The molecule has 0 spiro atoms. The molecule has 0 saturated carbocycles. The average Bonchev–Trinajstić information content (AvgIpc) is 2.97. The maximum atomic E-state index is 5.82. The van der Waals surface area contributed by atoms with Gasteiger partial charge < -0.3 is 15.1 Å². The van der Waals surface area contributed by atoms with Crippen LogP contribution in [-0.4, -0.2) is 24.6 Å². The highest BCUT2D eigenvalue weighted by atomic mass is 16.4. The van der Waals surface area contributed by atoms with E-state index < -0.39 is 0 Å².